The van der Waals surface area contributed by atoms with Gasteiger partial charge in [0, 0.05) is 7.05 Å². The number of hydrogen-bond donors (Lipinski definition) is 2. The van der Waals surface area contributed by atoms with Crippen molar-refractivity contribution in [2.45, 2.75) is 19.9 Å². The average molecular weight is 211 g/mol. The molecule has 5 nitrogen and oxygen atoms in total. The summed E-state index contributed by atoms with van der Waals surface area (Å²) in [7, 11) is 1.76. The molecule has 0 aliphatic heterocycles. The number of amides is 1. The van der Waals surface area contributed by atoms with Crippen LogP contribution in [0.5, 0.6) is 0 Å². The van der Waals surface area contributed by atoms with E-state index in [1.54, 1.807) is 17.9 Å². The molecule has 1 amide bonds. The van der Waals surface area contributed by atoms with Crippen LogP contribution < -0.4 is 5.32 Å². The van der Waals surface area contributed by atoms with Crippen LogP contribution in [-0.4, -0.2) is 33.2 Å². The van der Waals surface area contributed by atoms with E-state index in [4.69, 9.17) is 5.11 Å². The first-order valence-electron chi connectivity index (χ1n) is 4.94. The van der Waals surface area contributed by atoms with Crippen molar-refractivity contribution in [2.24, 2.45) is 13.0 Å². The molecule has 0 bridgehead atoms. The largest absolute Gasteiger partial charge is 0.394 e. The van der Waals surface area contributed by atoms with Crippen LogP contribution in [0.1, 0.15) is 24.3 Å². The lowest BCUT2D eigenvalue weighted by molar-refractivity contribution is 0.0888. The zero-order valence-electron chi connectivity index (χ0n) is 9.27. The minimum atomic E-state index is -0.215. The van der Waals surface area contributed by atoms with Gasteiger partial charge in [0.1, 0.15) is 5.69 Å². The molecule has 0 radical (unpaired) electrons. The lowest BCUT2D eigenvalue weighted by Crippen LogP contribution is -2.41. The Bertz CT molecular complexity index is 333. The highest BCUT2D eigenvalue weighted by molar-refractivity contribution is 5.92. The summed E-state index contributed by atoms with van der Waals surface area (Å²) >= 11 is 0. The minimum Gasteiger partial charge on any atom is -0.394 e. The van der Waals surface area contributed by atoms with Gasteiger partial charge in [0.15, 0.2) is 0 Å². The number of nitrogens with one attached hydrogen (secondary N) is 1. The van der Waals surface area contributed by atoms with Crippen molar-refractivity contribution in [1.82, 2.24) is 14.9 Å². The molecule has 0 saturated carbocycles. The highest BCUT2D eigenvalue weighted by Gasteiger charge is 2.17. The third-order valence-corrected chi connectivity index (χ3v) is 2.37. The predicted octanol–water partition coefficient (Wildman–Crippen LogP) is 0.167. The van der Waals surface area contributed by atoms with Crippen LogP contribution >= 0.6 is 0 Å². The van der Waals surface area contributed by atoms with E-state index < -0.39 is 0 Å². The maximum atomic E-state index is 11.7. The molecule has 0 aliphatic rings. The normalized spacial score (nSPS) is 12.9. The first-order chi connectivity index (χ1) is 7.06. The van der Waals surface area contributed by atoms with Crippen LogP contribution in [0.25, 0.3) is 0 Å². The van der Waals surface area contributed by atoms with Gasteiger partial charge in [0.05, 0.1) is 25.2 Å². The lowest BCUT2D eigenvalue weighted by atomic mass is 10.1. The summed E-state index contributed by atoms with van der Waals surface area (Å²) in [6, 6.07) is -0.215. The molecule has 0 fully saturated rings. The molecule has 0 aliphatic carbocycles. The Labute approximate surface area is 89.1 Å². The maximum absolute atomic E-state index is 11.7. The lowest BCUT2D eigenvalue weighted by Gasteiger charge is -2.19. The minimum absolute atomic E-state index is 0.0543. The maximum Gasteiger partial charge on any atom is 0.269 e. The molecule has 5 heteroatoms. The molecule has 2 N–H and O–H groups in total. The first kappa shape index (κ1) is 11.7. The van der Waals surface area contributed by atoms with Gasteiger partial charge >= 0.3 is 0 Å². The summed E-state index contributed by atoms with van der Waals surface area (Å²) in [4.78, 5) is 15.6. The second-order valence-electron chi connectivity index (χ2n) is 3.90. The number of carbonyl (C=O) groups excluding carboxylic acids is 1. The van der Waals surface area contributed by atoms with E-state index in [0.29, 0.717) is 5.69 Å². The van der Waals surface area contributed by atoms with E-state index in [0.717, 1.165) is 0 Å². The van der Waals surface area contributed by atoms with E-state index in [2.05, 4.69) is 10.3 Å². The van der Waals surface area contributed by atoms with Gasteiger partial charge in [-0.3, -0.25) is 4.79 Å². The molecule has 1 aromatic rings. The summed E-state index contributed by atoms with van der Waals surface area (Å²) in [6.07, 6.45) is 3.07. The number of aromatic nitrogens is 2. The average Bonchev–Trinajstić information content (AvgIpc) is 2.60. The molecule has 0 spiro atoms. The van der Waals surface area contributed by atoms with Crippen LogP contribution in [-0.2, 0) is 7.05 Å². The molecule has 0 saturated heterocycles. The van der Waals surface area contributed by atoms with E-state index in [1.807, 2.05) is 13.8 Å². The monoisotopic (exact) mass is 211 g/mol. The van der Waals surface area contributed by atoms with Crippen molar-refractivity contribution in [3.63, 3.8) is 0 Å². The number of hydrogen-bond acceptors (Lipinski definition) is 3. The summed E-state index contributed by atoms with van der Waals surface area (Å²) in [5.74, 6) is -0.00470. The van der Waals surface area contributed by atoms with Crippen molar-refractivity contribution in [3.05, 3.63) is 18.2 Å². The second kappa shape index (κ2) is 4.93. The van der Waals surface area contributed by atoms with E-state index in [1.165, 1.54) is 6.20 Å². The fraction of sp³-hybridized carbons (Fsp3) is 0.600. The van der Waals surface area contributed by atoms with Crippen LogP contribution in [0.4, 0.5) is 0 Å². The SMILES string of the molecule is CC(C)[C@@H](CO)NC(=O)c1cncn1C. The number of imidazole rings is 1. The van der Waals surface area contributed by atoms with Gasteiger partial charge in [-0.15, -0.1) is 0 Å². The van der Waals surface area contributed by atoms with Crippen LogP contribution in [0.3, 0.4) is 0 Å². The summed E-state index contributed by atoms with van der Waals surface area (Å²) in [5.41, 5.74) is 0.495. The van der Waals surface area contributed by atoms with Crippen molar-refractivity contribution in [3.8, 4) is 0 Å². The van der Waals surface area contributed by atoms with Crippen molar-refractivity contribution >= 4 is 5.91 Å². The third kappa shape index (κ3) is 2.79. The number of carbonyl (C=O) groups is 1. The summed E-state index contributed by atoms with van der Waals surface area (Å²) in [5, 5.41) is 11.8. The Morgan fingerprint density at radius 3 is 2.73 bits per heavy atom. The second-order valence-corrected chi connectivity index (χ2v) is 3.90. The Morgan fingerprint density at radius 2 is 2.33 bits per heavy atom. The number of rotatable bonds is 4. The zero-order chi connectivity index (χ0) is 11.4. The predicted molar refractivity (Wildman–Crippen MR) is 56.4 cm³/mol. The Morgan fingerprint density at radius 1 is 1.67 bits per heavy atom. The van der Waals surface area contributed by atoms with Gasteiger partial charge in [-0.1, -0.05) is 13.8 Å². The molecule has 1 rings (SSSR count). The van der Waals surface area contributed by atoms with Gasteiger partial charge in [-0.2, -0.15) is 0 Å². The fourth-order valence-electron chi connectivity index (χ4n) is 1.24. The zero-order valence-corrected chi connectivity index (χ0v) is 9.27. The molecule has 1 atom stereocenters. The van der Waals surface area contributed by atoms with Gasteiger partial charge in [0.2, 0.25) is 0 Å². The number of aryl methyl sites for hydroxylation is 1. The number of nitrogens with zero attached hydrogens (tertiary/aromatic N) is 2. The third-order valence-electron chi connectivity index (χ3n) is 2.37. The Hall–Kier alpha value is -1.36. The standard InChI is InChI=1S/C10H17N3O2/c1-7(2)8(5-14)12-10(15)9-4-11-6-13(9)3/h4,6-8,14H,5H2,1-3H3,(H,12,15)/t8-/m1/s1. The Kier molecular flexibility index (Phi) is 3.85. The molecular formula is C10H17N3O2. The molecular weight excluding hydrogens is 194 g/mol. The molecule has 15 heavy (non-hydrogen) atoms. The van der Waals surface area contributed by atoms with Crippen molar-refractivity contribution in [2.75, 3.05) is 6.61 Å². The molecule has 1 heterocycles. The smallest absolute Gasteiger partial charge is 0.269 e. The summed E-state index contributed by atoms with van der Waals surface area (Å²) in [6.45, 7) is 3.84. The van der Waals surface area contributed by atoms with E-state index in [-0.39, 0.29) is 24.5 Å². The van der Waals surface area contributed by atoms with Gasteiger partial charge in [0.25, 0.3) is 5.91 Å². The Balaban J connectivity index is 2.67. The van der Waals surface area contributed by atoms with E-state index in [9.17, 15) is 4.79 Å². The summed E-state index contributed by atoms with van der Waals surface area (Å²) < 4.78 is 1.64. The van der Waals surface area contributed by atoms with Gasteiger partial charge < -0.3 is 15.0 Å². The fourth-order valence-corrected chi connectivity index (χ4v) is 1.24. The van der Waals surface area contributed by atoms with Gasteiger partial charge in [-0.25, -0.2) is 4.98 Å². The molecule has 0 aromatic carbocycles. The first-order valence-corrected chi connectivity index (χ1v) is 4.94. The topological polar surface area (TPSA) is 67.2 Å². The molecule has 1 aromatic heterocycles. The van der Waals surface area contributed by atoms with Crippen molar-refractivity contribution in [1.29, 1.82) is 0 Å². The van der Waals surface area contributed by atoms with Crippen molar-refractivity contribution < 1.29 is 9.90 Å². The molecule has 0 unspecified atom stereocenters. The van der Waals surface area contributed by atoms with Crippen LogP contribution in [0, 0.1) is 5.92 Å². The number of aliphatic hydroxyl groups excluding tert-OH is 1. The highest BCUT2D eigenvalue weighted by atomic mass is 16.3. The van der Waals surface area contributed by atoms with Crippen LogP contribution in [0.15, 0.2) is 12.5 Å². The van der Waals surface area contributed by atoms with E-state index >= 15 is 0 Å². The molecule has 84 valence electrons. The van der Waals surface area contributed by atoms with Gasteiger partial charge in [-0.05, 0) is 5.92 Å². The highest BCUT2D eigenvalue weighted by Crippen LogP contribution is 2.03. The van der Waals surface area contributed by atoms with Crippen LogP contribution in [0.2, 0.25) is 0 Å². The number of aliphatic hydroxyl groups is 1. The quantitative estimate of drug-likeness (QED) is 0.746.